The van der Waals surface area contributed by atoms with E-state index < -0.39 is 0 Å². The van der Waals surface area contributed by atoms with Gasteiger partial charge < -0.3 is 19.1 Å². The lowest BCUT2D eigenvalue weighted by Gasteiger charge is -2.40. The van der Waals surface area contributed by atoms with Crippen molar-refractivity contribution in [2.24, 2.45) is 0 Å². The van der Waals surface area contributed by atoms with E-state index in [1.54, 1.807) is 27.7 Å². The molecule has 0 bridgehead atoms. The lowest BCUT2D eigenvalue weighted by molar-refractivity contribution is 0.185. The SMILES string of the molecule is COc1cc2c(N3CCC(N4CCSCC4)CC3)ncnc2c(OC)c1OC. The fourth-order valence-corrected chi connectivity index (χ4v) is 5.22. The van der Waals surface area contributed by atoms with Crippen LogP contribution < -0.4 is 19.1 Å². The van der Waals surface area contributed by atoms with Crippen molar-refractivity contribution in [2.45, 2.75) is 18.9 Å². The highest BCUT2D eigenvalue weighted by molar-refractivity contribution is 7.99. The summed E-state index contributed by atoms with van der Waals surface area (Å²) >= 11 is 2.07. The number of anilines is 1. The standard InChI is InChI=1S/C20H28N4O3S/c1-25-16-12-15-17(19(27-3)18(16)26-2)21-13-22-20(15)24-6-4-14(5-7-24)23-8-10-28-11-9-23/h12-14H,4-11H2,1-3H3. The number of piperidine rings is 1. The van der Waals surface area contributed by atoms with Gasteiger partial charge in [0.05, 0.1) is 26.7 Å². The van der Waals surface area contributed by atoms with Crippen molar-refractivity contribution in [3.05, 3.63) is 12.4 Å². The number of thioether (sulfide) groups is 1. The summed E-state index contributed by atoms with van der Waals surface area (Å²) in [7, 11) is 4.87. The van der Waals surface area contributed by atoms with Gasteiger partial charge >= 0.3 is 0 Å². The number of aromatic nitrogens is 2. The van der Waals surface area contributed by atoms with Crippen molar-refractivity contribution in [3.63, 3.8) is 0 Å². The van der Waals surface area contributed by atoms with Gasteiger partial charge in [0.25, 0.3) is 0 Å². The molecule has 4 rings (SSSR count). The van der Waals surface area contributed by atoms with Crippen LogP contribution in [0.5, 0.6) is 17.2 Å². The summed E-state index contributed by atoms with van der Waals surface area (Å²) in [6, 6.07) is 2.65. The Labute approximate surface area is 170 Å². The maximum Gasteiger partial charge on any atom is 0.205 e. The molecule has 2 aliphatic heterocycles. The number of rotatable bonds is 5. The maximum absolute atomic E-state index is 5.61. The summed E-state index contributed by atoms with van der Waals surface area (Å²) in [5.41, 5.74) is 0.750. The quantitative estimate of drug-likeness (QED) is 0.754. The fourth-order valence-electron chi connectivity index (χ4n) is 4.29. The second kappa shape index (κ2) is 8.61. The molecule has 0 amide bonds. The molecule has 8 heteroatoms. The molecule has 0 saturated carbocycles. The monoisotopic (exact) mass is 404 g/mol. The number of hydrogen-bond donors (Lipinski definition) is 0. The first-order chi connectivity index (χ1) is 13.8. The summed E-state index contributed by atoms with van der Waals surface area (Å²) in [6.45, 7) is 4.44. The van der Waals surface area contributed by atoms with Crippen LogP contribution in [0, 0.1) is 0 Å². The van der Waals surface area contributed by atoms with Gasteiger partial charge in [0.15, 0.2) is 11.5 Å². The Morgan fingerprint density at radius 2 is 1.64 bits per heavy atom. The molecule has 0 atom stereocenters. The molecule has 0 aliphatic carbocycles. The van der Waals surface area contributed by atoms with E-state index in [4.69, 9.17) is 14.2 Å². The second-order valence-electron chi connectivity index (χ2n) is 7.11. The molecule has 28 heavy (non-hydrogen) atoms. The molecule has 2 aromatic rings. The first-order valence-corrected chi connectivity index (χ1v) is 10.9. The predicted molar refractivity (Wildman–Crippen MR) is 113 cm³/mol. The number of ether oxygens (including phenoxy) is 3. The molecular weight excluding hydrogens is 376 g/mol. The molecule has 152 valence electrons. The Balaban J connectivity index is 1.62. The van der Waals surface area contributed by atoms with Gasteiger partial charge in [-0.3, -0.25) is 4.90 Å². The fraction of sp³-hybridized carbons (Fsp3) is 0.600. The van der Waals surface area contributed by atoms with Gasteiger partial charge in [-0.05, 0) is 18.9 Å². The summed E-state index contributed by atoms with van der Waals surface area (Å²) in [5, 5.41) is 0.935. The van der Waals surface area contributed by atoms with Crippen LogP contribution in [0.1, 0.15) is 12.8 Å². The van der Waals surface area contributed by atoms with Gasteiger partial charge in [-0.15, -0.1) is 0 Å². The highest BCUT2D eigenvalue weighted by Gasteiger charge is 2.28. The third-order valence-corrected chi connectivity index (χ3v) is 6.68. The number of methoxy groups -OCH3 is 3. The molecule has 3 heterocycles. The van der Waals surface area contributed by atoms with Gasteiger partial charge in [-0.2, -0.15) is 11.8 Å². The van der Waals surface area contributed by atoms with Gasteiger partial charge in [0.1, 0.15) is 17.7 Å². The third-order valence-electron chi connectivity index (χ3n) is 5.74. The van der Waals surface area contributed by atoms with Crippen LogP contribution in [0.4, 0.5) is 5.82 Å². The number of fused-ring (bicyclic) bond motifs is 1. The average molecular weight is 405 g/mol. The van der Waals surface area contributed by atoms with Crippen molar-refractivity contribution >= 4 is 28.5 Å². The molecule has 2 fully saturated rings. The molecule has 0 unspecified atom stereocenters. The zero-order valence-corrected chi connectivity index (χ0v) is 17.6. The van der Waals surface area contributed by atoms with Crippen molar-refractivity contribution < 1.29 is 14.2 Å². The molecule has 2 saturated heterocycles. The summed E-state index contributed by atoms with van der Waals surface area (Å²) in [5.74, 6) is 5.24. The lowest BCUT2D eigenvalue weighted by Crippen LogP contribution is -2.48. The Morgan fingerprint density at radius 1 is 0.929 bits per heavy atom. The number of nitrogens with zero attached hydrogens (tertiary/aromatic N) is 4. The number of hydrogen-bond acceptors (Lipinski definition) is 8. The average Bonchev–Trinajstić information content (AvgIpc) is 2.77. The largest absolute Gasteiger partial charge is 0.493 e. The van der Waals surface area contributed by atoms with E-state index in [1.807, 2.05) is 6.07 Å². The van der Waals surface area contributed by atoms with Crippen LogP contribution in [-0.2, 0) is 0 Å². The van der Waals surface area contributed by atoms with Gasteiger partial charge in [0.2, 0.25) is 5.75 Å². The molecule has 1 aromatic carbocycles. The van der Waals surface area contributed by atoms with Crippen LogP contribution >= 0.6 is 11.8 Å². The minimum Gasteiger partial charge on any atom is -0.493 e. The van der Waals surface area contributed by atoms with Gasteiger partial charge in [-0.25, -0.2) is 9.97 Å². The normalized spacial score (nSPS) is 19.0. The van der Waals surface area contributed by atoms with E-state index in [-0.39, 0.29) is 0 Å². The van der Waals surface area contributed by atoms with Crippen molar-refractivity contribution in [1.29, 1.82) is 0 Å². The zero-order chi connectivity index (χ0) is 19.5. The van der Waals surface area contributed by atoms with Crippen molar-refractivity contribution in [3.8, 4) is 17.2 Å². The molecule has 0 N–H and O–H groups in total. The van der Waals surface area contributed by atoms with Crippen LogP contribution in [0.25, 0.3) is 10.9 Å². The van der Waals surface area contributed by atoms with E-state index in [2.05, 4.69) is 31.5 Å². The molecule has 2 aliphatic rings. The Bertz CT molecular complexity index is 821. The highest BCUT2D eigenvalue weighted by atomic mass is 32.2. The second-order valence-corrected chi connectivity index (χ2v) is 8.33. The van der Waals surface area contributed by atoms with E-state index in [1.165, 1.54) is 37.4 Å². The Hall–Kier alpha value is -1.93. The number of benzene rings is 1. The van der Waals surface area contributed by atoms with E-state index in [0.29, 0.717) is 23.3 Å². The maximum atomic E-state index is 5.61. The van der Waals surface area contributed by atoms with Crippen molar-refractivity contribution in [1.82, 2.24) is 14.9 Å². The molecule has 7 nitrogen and oxygen atoms in total. The predicted octanol–water partition coefficient (Wildman–Crippen LogP) is 2.67. The van der Waals surface area contributed by atoms with E-state index in [0.717, 1.165) is 29.8 Å². The minimum absolute atomic E-state index is 0.559. The van der Waals surface area contributed by atoms with Crippen molar-refractivity contribution in [2.75, 3.05) is 63.9 Å². The first-order valence-electron chi connectivity index (χ1n) is 9.77. The summed E-state index contributed by atoms with van der Waals surface area (Å²) in [6.07, 6.45) is 3.95. The van der Waals surface area contributed by atoms with Crippen LogP contribution in [0.15, 0.2) is 12.4 Å². The molecule has 0 radical (unpaired) electrons. The molecule has 0 spiro atoms. The van der Waals surface area contributed by atoms with Gasteiger partial charge in [-0.1, -0.05) is 0 Å². The zero-order valence-electron chi connectivity index (χ0n) is 16.8. The molecular formula is C20H28N4O3S. The topological polar surface area (TPSA) is 60.0 Å². The van der Waals surface area contributed by atoms with Gasteiger partial charge in [0, 0.05) is 43.7 Å². The smallest absolute Gasteiger partial charge is 0.205 e. The lowest BCUT2D eigenvalue weighted by atomic mass is 10.0. The Kier molecular flexibility index (Phi) is 5.96. The summed E-state index contributed by atoms with van der Waals surface area (Å²) < 4.78 is 16.6. The third kappa shape index (κ3) is 3.55. The van der Waals surface area contributed by atoms with Crippen LogP contribution in [-0.4, -0.2) is 79.9 Å². The van der Waals surface area contributed by atoms with Crippen LogP contribution in [0.2, 0.25) is 0 Å². The first kappa shape index (κ1) is 19.4. The highest BCUT2D eigenvalue weighted by Crippen LogP contribution is 2.44. The van der Waals surface area contributed by atoms with Crippen LogP contribution in [0.3, 0.4) is 0 Å². The minimum atomic E-state index is 0.559. The Morgan fingerprint density at radius 3 is 2.29 bits per heavy atom. The van der Waals surface area contributed by atoms with E-state index in [9.17, 15) is 0 Å². The summed E-state index contributed by atoms with van der Waals surface area (Å²) in [4.78, 5) is 14.1. The van der Waals surface area contributed by atoms with E-state index >= 15 is 0 Å². The molecule has 1 aromatic heterocycles.